The zero-order valence-electron chi connectivity index (χ0n) is 10.1. The Labute approximate surface area is 105 Å². The molecule has 18 heavy (non-hydrogen) atoms. The first-order chi connectivity index (χ1) is 8.79. The van der Waals surface area contributed by atoms with E-state index in [4.69, 9.17) is 4.74 Å². The lowest BCUT2D eigenvalue weighted by molar-refractivity contribution is -0.0963. The maximum Gasteiger partial charge on any atom is 0.123 e. The van der Waals surface area contributed by atoms with Crippen LogP contribution in [0.25, 0.3) is 11.0 Å². The zero-order valence-corrected chi connectivity index (χ0v) is 10.1. The van der Waals surface area contributed by atoms with E-state index in [9.17, 15) is 5.26 Å². The topological polar surface area (TPSA) is 73.7 Å². The van der Waals surface area contributed by atoms with Gasteiger partial charge >= 0.3 is 0 Å². The highest BCUT2D eigenvalue weighted by Gasteiger charge is 2.46. The zero-order chi connectivity index (χ0) is 12.6. The molecule has 1 aromatic carbocycles. The molecule has 1 aliphatic heterocycles. The van der Waals surface area contributed by atoms with Crippen molar-refractivity contribution in [3.63, 3.8) is 0 Å². The van der Waals surface area contributed by atoms with E-state index < -0.39 is 5.41 Å². The average Bonchev–Trinajstić information content (AvgIpc) is 2.80. The molecule has 1 fully saturated rings. The Morgan fingerprint density at radius 3 is 3.00 bits per heavy atom. The van der Waals surface area contributed by atoms with E-state index in [2.05, 4.69) is 21.4 Å². The number of aromatic nitrogens is 2. The average molecular weight is 242 g/mol. The van der Waals surface area contributed by atoms with Gasteiger partial charge in [-0.05, 0) is 24.7 Å². The Morgan fingerprint density at radius 2 is 2.39 bits per heavy atom. The normalized spacial score (nSPS) is 19.1. The van der Waals surface area contributed by atoms with Crippen LogP contribution in [0.3, 0.4) is 0 Å². The molecule has 1 unspecified atom stereocenters. The molecule has 2 aromatic rings. The maximum atomic E-state index is 9.38. The van der Waals surface area contributed by atoms with E-state index in [1.54, 1.807) is 6.33 Å². The van der Waals surface area contributed by atoms with E-state index in [1.165, 1.54) is 0 Å². The number of hydrogen-bond donors (Lipinski definition) is 2. The quantitative estimate of drug-likeness (QED) is 0.852. The number of nitrogens with one attached hydrogen (secondary N) is 2. The van der Waals surface area contributed by atoms with E-state index in [0.29, 0.717) is 13.2 Å². The van der Waals surface area contributed by atoms with Crippen LogP contribution < -0.4 is 5.32 Å². The van der Waals surface area contributed by atoms with Crippen molar-refractivity contribution >= 4 is 11.0 Å². The molecule has 0 radical (unpaired) electrons. The molecule has 0 amide bonds. The largest absolute Gasteiger partial charge is 0.378 e. The number of nitrogens with zero attached hydrogens (tertiary/aromatic N) is 2. The van der Waals surface area contributed by atoms with Crippen molar-refractivity contribution in [3.05, 3.63) is 30.1 Å². The molecule has 3 rings (SSSR count). The monoisotopic (exact) mass is 242 g/mol. The molecule has 5 nitrogen and oxygen atoms in total. The number of aromatic amines is 1. The summed E-state index contributed by atoms with van der Waals surface area (Å²) in [7, 11) is 1.87. The third-order valence-electron chi connectivity index (χ3n) is 3.56. The first kappa shape index (κ1) is 11.2. The lowest BCUT2D eigenvalue weighted by Crippen LogP contribution is -2.50. The van der Waals surface area contributed by atoms with Crippen molar-refractivity contribution in [2.75, 3.05) is 20.3 Å². The Bertz CT molecular complexity index is 609. The van der Waals surface area contributed by atoms with Crippen LogP contribution in [-0.4, -0.2) is 30.2 Å². The molecule has 2 N–H and O–H groups in total. The third-order valence-corrected chi connectivity index (χ3v) is 3.56. The predicted molar refractivity (Wildman–Crippen MR) is 66.8 cm³/mol. The molecule has 0 bridgehead atoms. The van der Waals surface area contributed by atoms with Gasteiger partial charge < -0.3 is 15.0 Å². The fraction of sp³-hybridized carbons (Fsp3) is 0.385. The number of nitriles is 1. The molecular weight excluding hydrogens is 228 g/mol. The second-order valence-electron chi connectivity index (χ2n) is 4.66. The Morgan fingerprint density at radius 1 is 1.56 bits per heavy atom. The number of rotatable bonds is 3. The van der Waals surface area contributed by atoms with Crippen molar-refractivity contribution in [2.24, 2.45) is 5.41 Å². The van der Waals surface area contributed by atoms with Crippen LogP contribution in [0.1, 0.15) is 11.6 Å². The minimum absolute atomic E-state index is 0.0241. The van der Waals surface area contributed by atoms with Gasteiger partial charge in [0.2, 0.25) is 0 Å². The lowest BCUT2D eigenvalue weighted by Gasteiger charge is -2.41. The summed E-state index contributed by atoms with van der Waals surface area (Å²) in [4.78, 5) is 7.29. The molecule has 1 aliphatic rings. The smallest absolute Gasteiger partial charge is 0.123 e. The van der Waals surface area contributed by atoms with Gasteiger partial charge in [-0.3, -0.25) is 0 Å². The van der Waals surface area contributed by atoms with Gasteiger partial charge in [0, 0.05) is 0 Å². The Kier molecular flexibility index (Phi) is 2.54. The second-order valence-corrected chi connectivity index (χ2v) is 4.66. The second kappa shape index (κ2) is 4.09. The van der Waals surface area contributed by atoms with Crippen molar-refractivity contribution < 1.29 is 4.74 Å². The lowest BCUT2D eigenvalue weighted by atomic mass is 9.76. The predicted octanol–water partition coefficient (Wildman–Crippen LogP) is 1.36. The van der Waals surface area contributed by atoms with Crippen LogP contribution in [0.15, 0.2) is 24.5 Å². The Balaban J connectivity index is 2.03. The molecular formula is C13H14N4O. The fourth-order valence-corrected chi connectivity index (χ4v) is 2.51. The summed E-state index contributed by atoms with van der Waals surface area (Å²) >= 11 is 0. The van der Waals surface area contributed by atoms with Crippen LogP contribution in [0.5, 0.6) is 0 Å². The van der Waals surface area contributed by atoms with Gasteiger partial charge in [-0.15, -0.1) is 0 Å². The minimum atomic E-state index is -0.456. The SMILES string of the molecule is CNC(c1ccc2nc[nH]c2c1)C1(C#N)COC1. The number of benzene rings is 1. The third kappa shape index (κ3) is 1.50. The molecule has 5 heteroatoms. The van der Waals surface area contributed by atoms with Crippen molar-refractivity contribution in [1.82, 2.24) is 15.3 Å². The molecule has 0 spiro atoms. The van der Waals surface area contributed by atoms with Crippen LogP contribution >= 0.6 is 0 Å². The van der Waals surface area contributed by atoms with Gasteiger partial charge in [0.25, 0.3) is 0 Å². The summed E-state index contributed by atoms with van der Waals surface area (Å²) in [5, 5.41) is 12.6. The van der Waals surface area contributed by atoms with Gasteiger partial charge in [-0.25, -0.2) is 4.98 Å². The van der Waals surface area contributed by atoms with Crippen LogP contribution in [-0.2, 0) is 4.74 Å². The molecule has 92 valence electrons. The van der Waals surface area contributed by atoms with Crippen LogP contribution in [0.2, 0.25) is 0 Å². The van der Waals surface area contributed by atoms with Gasteiger partial charge in [-0.2, -0.15) is 5.26 Å². The molecule has 1 aromatic heterocycles. The number of fused-ring (bicyclic) bond motifs is 1. The first-order valence-corrected chi connectivity index (χ1v) is 5.88. The Hall–Kier alpha value is -1.90. The number of H-pyrrole nitrogens is 1. The van der Waals surface area contributed by atoms with Gasteiger partial charge in [0.05, 0.1) is 42.7 Å². The minimum Gasteiger partial charge on any atom is -0.378 e. The maximum absolute atomic E-state index is 9.38. The summed E-state index contributed by atoms with van der Waals surface area (Å²) in [5.74, 6) is 0. The van der Waals surface area contributed by atoms with E-state index in [0.717, 1.165) is 16.6 Å². The van der Waals surface area contributed by atoms with Gasteiger partial charge in [0.15, 0.2) is 0 Å². The molecule has 1 atom stereocenters. The number of imidazole rings is 1. The summed E-state index contributed by atoms with van der Waals surface area (Å²) in [6.45, 7) is 0.964. The van der Waals surface area contributed by atoms with Crippen molar-refractivity contribution in [1.29, 1.82) is 5.26 Å². The summed E-state index contributed by atoms with van der Waals surface area (Å²) < 4.78 is 5.22. The van der Waals surface area contributed by atoms with Gasteiger partial charge in [0.1, 0.15) is 5.41 Å². The van der Waals surface area contributed by atoms with Crippen molar-refractivity contribution in [3.8, 4) is 6.07 Å². The highest BCUT2D eigenvalue weighted by atomic mass is 16.5. The van der Waals surface area contributed by atoms with Gasteiger partial charge in [-0.1, -0.05) is 6.07 Å². The number of ether oxygens (including phenoxy) is 1. The van der Waals surface area contributed by atoms with Crippen LogP contribution in [0, 0.1) is 16.7 Å². The van der Waals surface area contributed by atoms with Crippen molar-refractivity contribution in [2.45, 2.75) is 6.04 Å². The highest BCUT2D eigenvalue weighted by Crippen LogP contribution is 2.40. The molecule has 0 saturated carbocycles. The summed E-state index contributed by atoms with van der Waals surface area (Å²) in [6, 6.07) is 8.40. The van der Waals surface area contributed by atoms with E-state index >= 15 is 0 Å². The van der Waals surface area contributed by atoms with Crippen LogP contribution in [0.4, 0.5) is 0 Å². The van der Waals surface area contributed by atoms with E-state index in [1.807, 2.05) is 25.2 Å². The molecule has 2 heterocycles. The standard InChI is InChI=1S/C13H14N4O/c1-15-12(13(5-14)6-18-7-13)9-2-3-10-11(4-9)17-8-16-10/h2-4,8,12,15H,6-7H2,1H3,(H,16,17). The summed E-state index contributed by atoms with van der Waals surface area (Å²) in [6.07, 6.45) is 1.68. The molecule has 0 aliphatic carbocycles. The summed E-state index contributed by atoms with van der Waals surface area (Å²) in [5.41, 5.74) is 2.55. The molecule has 1 saturated heterocycles. The first-order valence-electron chi connectivity index (χ1n) is 5.88. The highest BCUT2D eigenvalue weighted by molar-refractivity contribution is 5.75. The van der Waals surface area contributed by atoms with E-state index in [-0.39, 0.29) is 6.04 Å². The fourth-order valence-electron chi connectivity index (χ4n) is 2.51. The number of hydrogen-bond acceptors (Lipinski definition) is 4.